The number of hydrogen-bond donors (Lipinski definition) is 1. The highest BCUT2D eigenvalue weighted by Crippen LogP contribution is 2.22. The van der Waals surface area contributed by atoms with Crippen molar-refractivity contribution in [1.82, 2.24) is 0 Å². The molecular formula is C23H22FNO. The summed E-state index contributed by atoms with van der Waals surface area (Å²) in [7, 11) is 0. The predicted octanol–water partition coefficient (Wildman–Crippen LogP) is 5.71. The Balaban J connectivity index is 1.62. The first-order chi connectivity index (χ1) is 12.6. The number of hydrogen-bond acceptors (Lipinski definition) is 2. The normalized spacial score (nSPS) is 10.5. The molecule has 3 heteroatoms. The van der Waals surface area contributed by atoms with Gasteiger partial charge in [-0.25, -0.2) is 4.39 Å². The lowest BCUT2D eigenvalue weighted by Crippen LogP contribution is -2.03. The summed E-state index contributed by atoms with van der Waals surface area (Å²) in [5, 5.41) is 8.30. The van der Waals surface area contributed by atoms with Gasteiger partial charge in [0, 0.05) is 5.71 Å². The highest BCUT2D eigenvalue weighted by molar-refractivity contribution is 5.98. The molecule has 0 amide bonds. The van der Waals surface area contributed by atoms with Crippen LogP contribution < -0.4 is 4.74 Å². The lowest BCUT2D eigenvalue weighted by Gasteiger charge is -2.12. The minimum absolute atomic E-state index is 0.247. The Morgan fingerprint density at radius 2 is 1.62 bits per heavy atom. The molecule has 0 aliphatic heterocycles. The number of rotatable bonds is 7. The molecule has 26 heavy (non-hydrogen) atoms. The largest absolute Gasteiger partial charge is 0.489 e. The number of benzene rings is 3. The van der Waals surface area contributed by atoms with Crippen molar-refractivity contribution in [3.8, 4) is 5.75 Å². The van der Waals surface area contributed by atoms with E-state index in [1.54, 1.807) is 12.1 Å². The molecule has 1 N–H and O–H groups in total. The van der Waals surface area contributed by atoms with Crippen molar-refractivity contribution in [3.05, 3.63) is 101 Å². The lowest BCUT2D eigenvalue weighted by atomic mass is 10.0. The van der Waals surface area contributed by atoms with Crippen molar-refractivity contribution in [2.75, 3.05) is 0 Å². The maximum atomic E-state index is 13.0. The molecule has 2 nitrogen and oxygen atoms in total. The Labute approximate surface area is 153 Å². The van der Waals surface area contributed by atoms with Gasteiger partial charge in [-0.1, -0.05) is 60.2 Å². The van der Waals surface area contributed by atoms with Gasteiger partial charge in [-0.05, 0) is 54.7 Å². The van der Waals surface area contributed by atoms with Crippen molar-refractivity contribution in [2.45, 2.75) is 26.4 Å². The molecule has 0 heterocycles. The highest BCUT2D eigenvalue weighted by atomic mass is 19.1. The molecule has 0 fully saturated rings. The van der Waals surface area contributed by atoms with Crippen LogP contribution in [0.3, 0.4) is 0 Å². The molecular weight excluding hydrogens is 325 g/mol. The third kappa shape index (κ3) is 4.79. The summed E-state index contributed by atoms with van der Waals surface area (Å²) in [4.78, 5) is 0. The maximum absolute atomic E-state index is 13.0. The van der Waals surface area contributed by atoms with E-state index in [0.717, 1.165) is 28.9 Å². The Kier molecular flexibility index (Phi) is 5.80. The zero-order valence-electron chi connectivity index (χ0n) is 14.8. The van der Waals surface area contributed by atoms with Gasteiger partial charge in [0.05, 0.1) is 0 Å². The fourth-order valence-corrected chi connectivity index (χ4v) is 2.75. The third-order valence-corrected chi connectivity index (χ3v) is 4.32. The summed E-state index contributed by atoms with van der Waals surface area (Å²) in [6, 6.07) is 22.3. The van der Waals surface area contributed by atoms with Crippen LogP contribution in [0.25, 0.3) is 0 Å². The van der Waals surface area contributed by atoms with Gasteiger partial charge < -0.3 is 10.1 Å². The fraction of sp³-hybridized carbons (Fsp3) is 0.174. The second kappa shape index (κ2) is 8.43. The quantitative estimate of drug-likeness (QED) is 0.545. The second-order valence-electron chi connectivity index (χ2n) is 6.37. The van der Waals surface area contributed by atoms with Crippen molar-refractivity contribution < 1.29 is 9.13 Å². The van der Waals surface area contributed by atoms with E-state index in [4.69, 9.17) is 10.1 Å². The molecule has 0 radical (unpaired) electrons. The molecule has 0 aliphatic rings. The molecule has 0 saturated carbocycles. The SMILES string of the molecule is Cc1ccc(C(=N)CCc2ccccc2OCc2ccc(F)cc2)cc1. The molecule has 3 aromatic carbocycles. The number of ether oxygens (including phenoxy) is 1. The standard InChI is InChI=1S/C23H22FNO/c1-17-6-10-19(11-7-17)22(25)15-12-20-4-2-3-5-23(20)26-16-18-8-13-21(24)14-9-18/h2-11,13-14,25H,12,15-16H2,1H3. The summed E-state index contributed by atoms with van der Waals surface area (Å²) in [5.41, 5.74) is 4.78. The number of halogens is 1. The van der Waals surface area contributed by atoms with Gasteiger partial charge in [0.1, 0.15) is 18.2 Å². The van der Waals surface area contributed by atoms with Crippen LogP contribution in [-0.4, -0.2) is 5.71 Å². The van der Waals surface area contributed by atoms with E-state index in [2.05, 4.69) is 0 Å². The summed E-state index contributed by atoms with van der Waals surface area (Å²) in [6.45, 7) is 2.44. The van der Waals surface area contributed by atoms with Gasteiger partial charge in [0.25, 0.3) is 0 Å². The molecule has 3 rings (SSSR count). The number of aryl methyl sites for hydroxylation is 2. The van der Waals surface area contributed by atoms with Crippen LogP contribution in [0, 0.1) is 18.2 Å². The van der Waals surface area contributed by atoms with Crippen molar-refractivity contribution in [2.24, 2.45) is 0 Å². The van der Waals surface area contributed by atoms with Crippen LogP contribution in [0.2, 0.25) is 0 Å². The molecule has 132 valence electrons. The Bertz CT molecular complexity index is 869. The van der Waals surface area contributed by atoms with E-state index in [-0.39, 0.29) is 5.82 Å². The molecule has 0 spiro atoms. The van der Waals surface area contributed by atoms with E-state index in [9.17, 15) is 4.39 Å². The highest BCUT2D eigenvalue weighted by Gasteiger charge is 2.07. The topological polar surface area (TPSA) is 33.1 Å². The zero-order valence-corrected chi connectivity index (χ0v) is 14.8. The number of para-hydroxylation sites is 1. The Morgan fingerprint density at radius 1 is 0.923 bits per heavy atom. The molecule has 0 saturated heterocycles. The smallest absolute Gasteiger partial charge is 0.123 e. The van der Waals surface area contributed by atoms with Crippen molar-refractivity contribution in [3.63, 3.8) is 0 Å². The predicted molar refractivity (Wildman–Crippen MR) is 104 cm³/mol. The summed E-state index contributed by atoms with van der Waals surface area (Å²) >= 11 is 0. The Morgan fingerprint density at radius 3 is 2.35 bits per heavy atom. The van der Waals surface area contributed by atoms with E-state index >= 15 is 0 Å². The summed E-state index contributed by atoms with van der Waals surface area (Å²) in [5.74, 6) is 0.567. The van der Waals surface area contributed by atoms with E-state index in [0.29, 0.717) is 18.7 Å². The van der Waals surface area contributed by atoms with Gasteiger partial charge in [0.2, 0.25) is 0 Å². The maximum Gasteiger partial charge on any atom is 0.123 e. The van der Waals surface area contributed by atoms with Crippen LogP contribution in [0.1, 0.15) is 28.7 Å². The lowest BCUT2D eigenvalue weighted by molar-refractivity contribution is 0.303. The van der Waals surface area contributed by atoms with Crippen LogP contribution >= 0.6 is 0 Å². The van der Waals surface area contributed by atoms with Crippen LogP contribution in [0.5, 0.6) is 5.75 Å². The van der Waals surface area contributed by atoms with Gasteiger partial charge >= 0.3 is 0 Å². The first-order valence-electron chi connectivity index (χ1n) is 8.71. The summed E-state index contributed by atoms with van der Waals surface area (Å²) in [6.07, 6.45) is 1.40. The van der Waals surface area contributed by atoms with Crippen molar-refractivity contribution in [1.29, 1.82) is 5.41 Å². The average Bonchev–Trinajstić information content (AvgIpc) is 2.67. The molecule has 0 atom stereocenters. The van der Waals surface area contributed by atoms with Crippen LogP contribution in [0.4, 0.5) is 4.39 Å². The van der Waals surface area contributed by atoms with E-state index in [1.807, 2.05) is 55.5 Å². The van der Waals surface area contributed by atoms with Gasteiger partial charge in [-0.15, -0.1) is 0 Å². The third-order valence-electron chi connectivity index (χ3n) is 4.32. The molecule has 3 aromatic rings. The molecule has 0 aliphatic carbocycles. The molecule has 0 unspecified atom stereocenters. The summed E-state index contributed by atoms with van der Waals surface area (Å²) < 4.78 is 18.9. The average molecular weight is 347 g/mol. The minimum Gasteiger partial charge on any atom is -0.489 e. The molecule has 0 aromatic heterocycles. The van der Waals surface area contributed by atoms with Gasteiger partial charge in [0.15, 0.2) is 0 Å². The first kappa shape index (κ1) is 17.9. The van der Waals surface area contributed by atoms with Gasteiger partial charge in [-0.2, -0.15) is 0 Å². The second-order valence-corrected chi connectivity index (χ2v) is 6.37. The van der Waals surface area contributed by atoms with E-state index < -0.39 is 0 Å². The van der Waals surface area contributed by atoms with Crippen LogP contribution in [-0.2, 0) is 13.0 Å². The van der Waals surface area contributed by atoms with E-state index in [1.165, 1.54) is 17.7 Å². The first-order valence-corrected chi connectivity index (χ1v) is 8.71. The monoisotopic (exact) mass is 347 g/mol. The molecule has 0 bridgehead atoms. The zero-order chi connectivity index (χ0) is 18.4. The van der Waals surface area contributed by atoms with Crippen molar-refractivity contribution >= 4 is 5.71 Å². The Hall–Kier alpha value is -2.94. The minimum atomic E-state index is -0.247. The number of nitrogens with one attached hydrogen (secondary N) is 1. The fourth-order valence-electron chi connectivity index (χ4n) is 2.75. The van der Waals surface area contributed by atoms with Gasteiger partial charge in [-0.3, -0.25) is 0 Å². The van der Waals surface area contributed by atoms with Crippen LogP contribution in [0.15, 0.2) is 72.8 Å².